The number of para-hydroxylation sites is 1. The second kappa shape index (κ2) is 29.5. The van der Waals surface area contributed by atoms with Crippen molar-refractivity contribution in [2.24, 2.45) is 17.4 Å². The van der Waals surface area contributed by atoms with Crippen LogP contribution in [0.3, 0.4) is 0 Å². The van der Waals surface area contributed by atoms with E-state index in [4.69, 9.17) is 21.4 Å². The molecule has 0 aliphatic carbocycles. The molecule has 7 amide bonds. The van der Waals surface area contributed by atoms with Gasteiger partial charge in [-0.2, -0.15) is 0 Å². The number of aromatic nitrogens is 1. The number of nitrogens with two attached hydrogens (primary N) is 2. The molecule has 24 heteroatoms. The molecule has 1 aromatic heterocycles. The number of aromatic hydroxyl groups is 1. The number of carboxylic acids is 2. The molecule has 0 saturated carbocycles. The third-order valence-electron chi connectivity index (χ3n) is 11.4. The summed E-state index contributed by atoms with van der Waals surface area (Å²) in [6.45, 7) is 5.83. The lowest BCUT2D eigenvalue weighted by atomic mass is 10.0. The number of carbonyl (C=O) groups excluding carboxylic acids is 7. The summed E-state index contributed by atoms with van der Waals surface area (Å²) in [6.07, 6.45) is 1.68. The molecule has 0 spiro atoms. The Morgan fingerprint density at radius 1 is 0.689 bits per heavy atom. The number of benzene rings is 3. The van der Waals surface area contributed by atoms with Crippen LogP contribution in [0.25, 0.3) is 10.9 Å². The minimum atomic E-state index is -1.42. The Balaban J connectivity index is 0.00000286. The largest absolute Gasteiger partial charge is 0.508 e. The van der Waals surface area contributed by atoms with Crippen molar-refractivity contribution in [2.45, 2.75) is 108 Å². The molecule has 1 aliphatic heterocycles. The lowest BCUT2D eigenvalue weighted by Crippen LogP contribution is -2.61. The Morgan fingerprint density at radius 2 is 1.20 bits per heavy atom. The summed E-state index contributed by atoms with van der Waals surface area (Å²) >= 11 is 0. The standard InChI is InChI=1S/C48H62N10O10S2.C2H4O2/c1-26(2)40(48(67)68)58-47(66)39-25-70-69-24-38(56-41(60)27(3)50)46(65)54-35(20-28-10-5-4-6-11-28)43(62)55-37(22-30-23-51-33-13-8-7-12-32(30)33)45(64)52-34(14-9-19-49)42(61)53-36(44(63)57-39)21-29-15-17-31(59)18-16-29;1-2(3)4/h4-8,10-13,15-18,23,26-27,34-40,51,59H,9,14,19-22,24-25,49-50H2,1-3H3,(H,52,64)(H,53,61)(H,54,65)(H,55,62)(H,56,60)(H,57,63)(H,58,66)(H,67,68);1H3,(H,3,4)/t27-,34-,35-,36-,37-,38-,39?,40-;/m0./s1. The molecule has 2 heterocycles. The molecule has 1 fully saturated rings. The number of amides is 7. The number of H-pyrrole nitrogens is 1. The molecular weight excluding hydrogens is 997 g/mol. The van der Waals surface area contributed by atoms with Crippen LogP contribution in [-0.2, 0) is 62.4 Å². The van der Waals surface area contributed by atoms with E-state index in [9.17, 15) is 48.6 Å². The Labute approximate surface area is 435 Å². The van der Waals surface area contributed by atoms with E-state index in [2.05, 4.69) is 42.2 Å². The molecule has 74 heavy (non-hydrogen) atoms. The smallest absolute Gasteiger partial charge is 0.326 e. The highest BCUT2D eigenvalue weighted by Crippen LogP contribution is 2.25. The molecule has 8 atom stereocenters. The summed E-state index contributed by atoms with van der Waals surface area (Å²) in [7, 11) is 2.06. The van der Waals surface area contributed by atoms with Gasteiger partial charge in [-0.05, 0) is 67.1 Å². The lowest BCUT2D eigenvalue weighted by molar-refractivity contribution is -0.143. The number of rotatable bonds is 15. The van der Waals surface area contributed by atoms with Gasteiger partial charge in [0.25, 0.3) is 5.97 Å². The lowest BCUT2D eigenvalue weighted by Gasteiger charge is -2.29. The van der Waals surface area contributed by atoms with Crippen molar-refractivity contribution in [1.29, 1.82) is 0 Å². The van der Waals surface area contributed by atoms with Crippen LogP contribution in [0, 0.1) is 5.92 Å². The van der Waals surface area contributed by atoms with Gasteiger partial charge in [0.1, 0.15) is 48.0 Å². The van der Waals surface area contributed by atoms with Crippen LogP contribution >= 0.6 is 21.6 Å². The monoisotopic (exact) mass is 1060 g/mol. The molecule has 1 unspecified atom stereocenters. The maximum atomic E-state index is 14.7. The van der Waals surface area contributed by atoms with E-state index in [0.717, 1.165) is 39.4 Å². The molecule has 0 radical (unpaired) electrons. The van der Waals surface area contributed by atoms with Gasteiger partial charge in [-0.3, -0.25) is 38.4 Å². The molecule has 4 aromatic rings. The first-order valence-corrected chi connectivity index (χ1v) is 26.3. The number of nitrogens with one attached hydrogen (secondary N) is 8. The number of fused-ring (bicyclic) bond motifs is 1. The molecule has 15 N–H and O–H groups in total. The number of phenolic OH excluding ortho intramolecular Hbond substituents is 1. The zero-order valence-electron chi connectivity index (χ0n) is 41.4. The van der Waals surface area contributed by atoms with Gasteiger partial charge in [0.2, 0.25) is 41.4 Å². The Morgan fingerprint density at radius 3 is 1.78 bits per heavy atom. The number of phenols is 1. The Hall–Kier alpha value is -7.15. The van der Waals surface area contributed by atoms with Gasteiger partial charge in [-0.25, -0.2) is 4.79 Å². The van der Waals surface area contributed by atoms with Gasteiger partial charge in [0.05, 0.1) is 6.04 Å². The van der Waals surface area contributed by atoms with E-state index in [1.165, 1.54) is 31.2 Å². The fourth-order valence-corrected chi connectivity index (χ4v) is 9.81. The van der Waals surface area contributed by atoms with Gasteiger partial charge in [0, 0.05) is 54.8 Å². The van der Waals surface area contributed by atoms with Crippen LogP contribution in [0.15, 0.2) is 85.1 Å². The van der Waals surface area contributed by atoms with Crippen LogP contribution in [0.4, 0.5) is 0 Å². The van der Waals surface area contributed by atoms with Crippen molar-refractivity contribution in [1.82, 2.24) is 42.2 Å². The maximum absolute atomic E-state index is 14.7. The number of hydrogen-bond acceptors (Lipinski definition) is 14. The summed E-state index contributed by atoms with van der Waals surface area (Å²) < 4.78 is 0. The second-order valence-corrected chi connectivity index (χ2v) is 20.4. The normalized spacial score (nSPS) is 21.2. The number of aromatic amines is 1. The molecule has 22 nitrogen and oxygen atoms in total. The van der Waals surface area contributed by atoms with Gasteiger partial charge >= 0.3 is 5.97 Å². The summed E-state index contributed by atoms with van der Waals surface area (Å²) in [5, 5.41) is 47.0. The molecule has 0 bridgehead atoms. The predicted molar refractivity (Wildman–Crippen MR) is 280 cm³/mol. The SMILES string of the molecule is CC(=O)O.CC(C)[C@H](NC(=O)C1CSSC[C@H](NC(=O)[C@H](C)N)C(=O)N[C@@H](Cc2ccccc2)C(=O)N[C@@H](Cc2c[nH]c3ccccc23)C(=O)N[C@@H](CCCN)C(=O)N[C@@H](Cc2ccc(O)cc2)C(=O)N1)C(=O)O. The molecule has 3 aromatic carbocycles. The maximum Gasteiger partial charge on any atom is 0.326 e. The van der Waals surface area contributed by atoms with E-state index >= 15 is 0 Å². The molecule has 1 saturated heterocycles. The van der Waals surface area contributed by atoms with Crippen molar-refractivity contribution >= 4 is 85.8 Å². The van der Waals surface area contributed by atoms with Crippen LogP contribution in [0.2, 0.25) is 0 Å². The van der Waals surface area contributed by atoms with Crippen molar-refractivity contribution in [3.8, 4) is 5.75 Å². The fourth-order valence-electron chi connectivity index (χ4n) is 7.49. The Kier molecular flexibility index (Phi) is 23.7. The summed E-state index contributed by atoms with van der Waals surface area (Å²) in [5.41, 5.74) is 14.4. The highest BCUT2D eigenvalue weighted by molar-refractivity contribution is 8.76. The molecular formula is C50H66N10O12S2. The highest BCUT2D eigenvalue weighted by Gasteiger charge is 2.36. The average Bonchev–Trinajstić information content (AvgIpc) is 3.76. The van der Waals surface area contributed by atoms with Crippen LogP contribution < -0.4 is 48.7 Å². The van der Waals surface area contributed by atoms with E-state index < -0.39 is 108 Å². The first-order valence-electron chi connectivity index (χ1n) is 23.8. The van der Waals surface area contributed by atoms with Crippen LogP contribution in [0.1, 0.15) is 57.2 Å². The first-order chi connectivity index (χ1) is 35.2. The van der Waals surface area contributed by atoms with Crippen molar-refractivity contribution < 1.29 is 58.5 Å². The molecule has 1 aliphatic rings. The van der Waals surface area contributed by atoms with Crippen LogP contribution in [0.5, 0.6) is 5.75 Å². The van der Waals surface area contributed by atoms with E-state index in [1.54, 1.807) is 50.4 Å². The second-order valence-electron chi connectivity index (χ2n) is 17.9. The summed E-state index contributed by atoms with van der Waals surface area (Å²) in [4.78, 5) is 124. The minimum Gasteiger partial charge on any atom is -0.508 e. The van der Waals surface area contributed by atoms with Gasteiger partial charge in [-0.1, -0.05) is 96.1 Å². The van der Waals surface area contributed by atoms with E-state index in [-0.39, 0.29) is 55.9 Å². The number of aliphatic carboxylic acids is 2. The van der Waals surface area contributed by atoms with Gasteiger partial charge in [-0.15, -0.1) is 0 Å². The summed E-state index contributed by atoms with van der Waals surface area (Å²) in [6, 6.07) is 11.6. The van der Waals surface area contributed by atoms with Gasteiger partial charge < -0.3 is 69.0 Å². The average molecular weight is 1060 g/mol. The predicted octanol–water partition coefficient (Wildman–Crippen LogP) is 0.608. The Bertz CT molecular complexity index is 2560. The first kappa shape index (κ1) is 59.4. The fraction of sp³-hybridized carbons (Fsp3) is 0.420. The van der Waals surface area contributed by atoms with Crippen molar-refractivity contribution in [2.75, 3.05) is 18.1 Å². The number of carbonyl (C=O) groups is 9. The number of carboxylic acid groups (broad SMARTS) is 2. The summed E-state index contributed by atoms with van der Waals surface area (Å²) in [5.74, 6) is -8.59. The van der Waals surface area contributed by atoms with E-state index in [1.807, 2.05) is 24.3 Å². The molecule has 400 valence electrons. The van der Waals surface area contributed by atoms with Gasteiger partial charge in [0.15, 0.2) is 0 Å². The van der Waals surface area contributed by atoms with E-state index in [0.29, 0.717) is 16.7 Å². The third-order valence-corrected chi connectivity index (χ3v) is 13.9. The quantitative estimate of drug-likeness (QED) is 0.0726. The highest BCUT2D eigenvalue weighted by atomic mass is 33.1. The van der Waals surface area contributed by atoms with Crippen LogP contribution in [-0.4, -0.2) is 140 Å². The molecule has 5 rings (SSSR count). The zero-order chi connectivity index (χ0) is 54.5. The zero-order valence-corrected chi connectivity index (χ0v) is 43.1. The minimum absolute atomic E-state index is 0.00125. The third kappa shape index (κ3) is 19.0. The number of hydrogen-bond donors (Lipinski definition) is 13. The van der Waals surface area contributed by atoms with Crippen molar-refractivity contribution in [3.63, 3.8) is 0 Å². The topological polar surface area (TPSA) is 366 Å². The van der Waals surface area contributed by atoms with Crippen molar-refractivity contribution in [3.05, 3.63) is 102 Å².